The molecule has 0 radical (unpaired) electrons. The number of piperidine rings is 1. The summed E-state index contributed by atoms with van der Waals surface area (Å²) in [7, 11) is -1.51. The third-order valence-electron chi connectivity index (χ3n) is 8.14. The molecule has 2 saturated carbocycles. The number of hydrogen-bond donors (Lipinski definition) is 5. The maximum atomic E-state index is 14.8. The van der Waals surface area contributed by atoms with Gasteiger partial charge in [-0.05, 0) is 68.6 Å². The summed E-state index contributed by atoms with van der Waals surface area (Å²) in [6, 6.07) is -0.813. The predicted octanol–water partition coefficient (Wildman–Crippen LogP) is 0.426. The van der Waals surface area contributed by atoms with E-state index in [-0.39, 0.29) is 18.4 Å². The van der Waals surface area contributed by atoms with Crippen molar-refractivity contribution in [1.29, 1.82) is 0 Å². The maximum absolute atomic E-state index is 14.8. The summed E-state index contributed by atoms with van der Waals surface area (Å²) < 4.78 is 14.8. The van der Waals surface area contributed by atoms with Crippen LogP contribution >= 0.6 is 0 Å². The second kappa shape index (κ2) is 9.18. The maximum Gasteiger partial charge on any atom is 0.454 e. The third kappa shape index (κ3) is 4.49. The Morgan fingerprint density at radius 2 is 1.83 bits per heavy atom. The van der Waals surface area contributed by atoms with Crippen LogP contribution in [-0.2, 0) is 4.79 Å². The molecule has 2 heterocycles. The van der Waals surface area contributed by atoms with Crippen molar-refractivity contribution in [3.63, 3.8) is 0 Å². The first-order valence-electron chi connectivity index (χ1n) is 11.5. The van der Waals surface area contributed by atoms with Gasteiger partial charge in [0.2, 0.25) is 5.91 Å². The zero-order chi connectivity index (χ0) is 20.5. The van der Waals surface area contributed by atoms with Crippen LogP contribution in [-0.4, -0.2) is 65.9 Å². The SMILES string of the molecule is NCC1CCCC(C2CCN(C(=O)C3NNC4CC(B(O)O)CC(F)C43)CC2)C1. The van der Waals surface area contributed by atoms with Gasteiger partial charge in [-0.15, -0.1) is 0 Å². The van der Waals surface area contributed by atoms with Gasteiger partial charge in [-0.3, -0.25) is 10.2 Å². The average molecular weight is 410 g/mol. The van der Waals surface area contributed by atoms with E-state index >= 15 is 0 Å². The van der Waals surface area contributed by atoms with Crippen LogP contribution < -0.4 is 16.6 Å². The van der Waals surface area contributed by atoms with Crippen molar-refractivity contribution in [2.45, 2.75) is 75.4 Å². The topological polar surface area (TPSA) is 111 Å². The summed E-state index contributed by atoms with van der Waals surface area (Å²) in [5.74, 6) is 1.12. The zero-order valence-electron chi connectivity index (χ0n) is 17.2. The first kappa shape index (κ1) is 21.5. The first-order valence-corrected chi connectivity index (χ1v) is 11.5. The highest BCUT2D eigenvalue weighted by Gasteiger charge is 2.51. The van der Waals surface area contributed by atoms with Gasteiger partial charge in [-0.1, -0.05) is 12.8 Å². The van der Waals surface area contributed by atoms with Crippen LogP contribution in [0.3, 0.4) is 0 Å². The van der Waals surface area contributed by atoms with E-state index in [1.165, 1.54) is 25.7 Å². The van der Waals surface area contributed by atoms with Crippen molar-refractivity contribution in [2.24, 2.45) is 29.4 Å². The van der Waals surface area contributed by atoms with Crippen LogP contribution in [0.15, 0.2) is 0 Å². The number of hydrazine groups is 1. The van der Waals surface area contributed by atoms with Gasteiger partial charge in [0.1, 0.15) is 12.2 Å². The molecule has 7 nitrogen and oxygen atoms in total. The summed E-state index contributed by atoms with van der Waals surface area (Å²) in [4.78, 5) is 15.0. The molecule has 0 aromatic carbocycles. The Kier molecular flexibility index (Phi) is 6.80. The molecule has 0 aromatic rings. The normalized spacial score (nSPS) is 41.2. The van der Waals surface area contributed by atoms with Crippen molar-refractivity contribution >= 4 is 13.0 Å². The van der Waals surface area contributed by atoms with Crippen molar-refractivity contribution in [3.8, 4) is 0 Å². The molecule has 9 heteroatoms. The highest BCUT2D eigenvalue weighted by molar-refractivity contribution is 6.43. The molecule has 29 heavy (non-hydrogen) atoms. The summed E-state index contributed by atoms with van der Waals surface area (Å²) in [6.45, 7) is 2.28. The van der Waals surface area contributed by atoms with E-state index in [0.717, 1.165) is 38.4 Å². The van der Waals surface area contributed by atoms with Crippen LogP contribution in [0.25, 0.3) is 0 Å². The lowest BCUT2D eigenvalue weighted by Crippen LogP contribution is -2.52. The van der Waals surface area contributed by atoms with Gasteiger partial charge in [-0.25, -0.2) is 9.82 Å². The summed E-state index contributed by atoms with van der Waals surface area (Å²) in [5, 5.41) is 18.8. The van der Waals surface area contributed by atoms with E-state index in [0.29, 0.717) is 18.3 Å². The molecule has 6 N–H and O–H groups in total. The number of alkyl halides is 1. The lowest BCUT2D eigenvalue weighted by molar-refractivity contribution is -0.136. The Labute approximate surface area is 173 Å². The summed E-state index contributed by atoms with van der Waals surface area (Å²) in [5.41, 5.74) is 12.0. The van der Waals surface area contributed by atoms with Crippen LogP contribution in [0.2, 0.25) is 5.82 Å². The number of nitrogens with zero attached hydrogens (tertiary/aromatic N) is 1. The molecule has 7 atom stereocenters. The predicted molar refractivity (Wildman–Crippen MR) is 109 cm³/mol. The molecule has 4 aliphatic rings. The highest BCUT2D eigenvalue weighted by atomic mass is 19.1. The number of fused-ring (bicyclic) bond motifs is 1. The van der Waals surface area contributed by atoms with Gasteiger partial charge in [0, 0.05) is 25.0 Å². The van der Waals surface area contributed by atoms with E-state index in [9.17, 15) is 19.2 Å². The van der Waals surface area contributed by atoms with Gasteiger partial charge >= 0.3 is 7.12 Å². The van der Waals surface area contributed by atoms with E-state index in [2.05, 4.69) is 10.9 Å². The molecule has 7 unspecified atom stereocenters. The average Bonchev–Trinajstić information content (AvgIpc) is 3.18. The molecule has 0 aromatic heterocycles. The number of carbonyl (C=O) groups excluding carboxylic acids is 1. The van der Waals surface area contributed by atoms with Crippen LogP contribution in [0, 0.1) is 23.7 Å². The number of likely N-dealkylation sites (tertiary alicyclic amines) is 1. The summed E-state index contributed by atoms with van der Waals surface area (Å²) in [6.07, 6.45) is 6.44. The van der Waals surface area contributed by atoms with Crippen molar-refractivity contribution in [3.05, 3.63) is 0 Å². The Balaban J connectivity index is 1.31. The minimum absolute atomic E-state index is 0.0161. The molecule has 2 aliphatic heterocycles. The fourth-order valence-corrected chi connectivity index (χ4v) is 6.40. The number of amides is 1. The molecular weight excluding hydrogens is 374 g/mol. The largest absolute Gasteiger partial charge is 0.454 e. The number of rotatable bonds is 4. The van der Waals surface area contributed by atoms with Gasteiger partial charge in [-0.2, -0.15) is 0 Å². The van der Waals surface area contributed by atoms with E-state index < -0.39 is 31.1 Å². The monoisotopic (exact) mass is 410 g/mol. The van der Waals surface area contributed by atoms with Gasteiger partial charge < -0.3 is 20.7 Å². The van der Waals surface area contributed by atoms with Crippen molar-refractivity contribution in [2.75, 3.05) is 19.6 Å². The molecule has 0 spiro atoms. The number of nitrogens with one attached hydrogen (secondary N) is 2. The molecule has 1 amide bonds. The van der Waals surface area contributed by atoms with Crippen LogP contribution in [0.4, 0.5) is 4.39 Å². The molecule has 2 aliphatic carbocycles. The molecule has 164 valence electrons. The zero-order valence-corrected chi connectivity index (χ0v) is 17.2. The number of halogens is 1. The number of carbonyl (C=O) groups is 1. The van der Waals surface area contributed by atoms with Crippen molar-refractivity contribution < 1.29 is 19.2 Å². The lowest BCUT2D eigenvalue weighted by Gasteiger charge is -2.41. The fourth-order valence-electron chi connectivity index (χ4n) is 6.40. The quantitative estimate of drug-likeness (QED) is 0.430. The van der Waals surface area contributed by atoms with Gasteiger partial charge in [0.15, 0.2) is 0 Å². The second-order valence-corrected chi connectivity index (χ2v) is 9.80. The van der Waals surface area contributed by atoms with Gasteiger partial charge in [0.05, 0.1) is 0 Å². The Morgan fingerprint density at radius 1 is 1.07 bits per heavy atom. The van der Waals surface area contributed by atoms with Crippen LogP contribution in [0.5, 0.6) is 0 Å². The molecular formula is C20H36BFN4O3. The minimum atomic E-state index is -1.51. The Morgan fingerprint density at radius 3 is 2.52 bits per heavy atom. The number of hydrogen-bond acceptors (Lipinski definition) is 6. The molecule has 0 bridgehead atoms. The molecule has 4 fully saturated rings. The van der Waals surface area contributed by atoms with Crippen LogP contribution in [0.1, 0.15) is 51.4 Å². The summed E-state index contributed by atoms with van der Waals surface area (Å²) >= 11 is 0. The standard InChI is InChI=1S/C20H36BFN4O3/c22-16-9-15(21(28)29)10-17-18(16)19(25-24-17)20(27)26-6-4-13(5-7-26)14-3-1-2-12(8-14)11-23/h12-19,24-25,28-29H,1-11,23H2. The van der Waals surface area contributed by atoms with Crippen molar-refractivity contribution in [1.82, 2.24) is 15.8 Å². The fraction of sp³-hybridized carbons (Fsp3) is 0.950. The lowest BCUT2D eigenvalue weighted by atomic mass is 9.60. The van der Waals surface area contributed by atoms with Gasteiger partial charge in [0.25, 0.3) is 0 Å². The number of nitrogens with two attached hydrogens (primary N) is 1. The third-order valence-corrected chi connectivity index (χ3v) is 8.14. The molecule has 4 rings (SSSR count). The molecule has 2 saturated heterocycles. The smallest absolute Gasteiger partial charge is 0.427 e. The Hall–Kier alpha value is -0.735. The highest BCUT2D eigenvalue weighted by Crippen LogP contribution is 2.41. The Bertz CT molecular complexity index is 578. The van der Waals surface area contributed by atoms with E-state index in [4.69, 9.17) is 5.73 Å². The van der Waals surface area contributed by atoms with E-state index in [1.807, 2.05) is 4.90 Å². The van der Waals surface area contributed by atoms with E-state index in [1.54, 1.807) is 0 Å². The first-order chi connectivity index (χ1) is 14.0. The second-order valence-electron chi connectivity index (χ2n) is 9.80. The minimum Gasteiger partial charge on any atom is -0.427 e.